The SMILES string of the molecule is O=C(NCC1CCCCC1O)c1ccc2cn[nH]c2c1. The maximum Gasteiger partial charge on any atom is 0.251 e. The quantitative estimate of drug-likeness (QED) is 0.798. The number of hydrogen-bond donors (Lipinski definition) is 3. The number of H-pyrrole nitrogens is 1. The minimum absolute atomic E-state index is 0.0979. The molecule has 0 radical (unpaired) electrons. The van der Waals surface area contributed by atoms with E-state index in [0.29, 0.717) is 12.1 Å². The van der Waals surface area contributed by atoms with Crippen LogP contribution in [0.5, 0.6) is 0 Å². The largest absolute Gasteiger partial charge is 0.393 e. The highest BCUT2D eigenvalue weighted by molar-refractivity contribution is 5.97. The van der Waals surface area contributed by atoms with E-state index in [-0.39, 0.29) is 17.9 Å². The zero-order valence-corrected chi connectivity index (χ0v) is 11.3. The first-order valence-electron chi connectivity index (χ1n) is 7.13. The summed E-state index contributed by atoms with van der Waals surface area (Å²) in [5, 5.41) is 20.6. The van der Waals surface area contributed by atoms with E-state index < -0.39 is 0 Å². The lowest BCUT2D eigenvalue weighted by Crippen LogP contribution is -2.36. The van der Waals surface area contributed by atoms with Crippen LogP contribution >= 0.6 is 0 Å². The number of aliphatic hydroxyl groups is 1. The van der Waals surface area contributed by atoms with E-state index in [4.69, 9.17) is 0 Å². The summed E-state index contributed by atoms with van der Waals surface area (Å²) >= 11 is 0. The summed E-state index contributed by atoms with van der Waals surface area (Å²) in [6.07, 6.45) is 5.51. The van der Waals surface area contributed by atoms with Crippen LogP contribution in [0.15, 0.2) is 24.4 Å². The lowest BCUT2D eigenvalue weighted by Gasteiger charge is -2.27. The Morgan fingerprint density at radius 1 is 1.40 bits per heavy atom. The Morgan fingerprint density at radius 3 is 3.10 bits per heavy atom. The van der Waals surface area contributed by atoms with Crippen molar-refractivity contribution in [3.05, 3.63) is 30.0 Å². The molecule has 106 valence electrons. The van der Waals surface area contributed by atoms with E-state index >= 15 is 0 Å². The van der Waals surface area contributed by atoms with Crippen molar-refractivity contribution in [2.24, 2.45) is 5.92 Å². The maximum atomic E-state index is 12.1. The number of amides is 1. The van der Waals surface area contributed by atoms with Crippen LogP contribution in [0.4, 0.5) is 0 Å². The van der Waals surface area contributed by atoms with Crippen molar-refractivity contribution in [2.45, 2.75) is 31.8 Å². The Balaban J connectivity index is 1.63. The third-order valence-electron chi connectivity index (χ3n) is 4.10. The molecular formula is C15H19N3O2. The van der Waals surface area contributed by atoms with Gasteiger partial charge < -0.3 is 10.4 Å². The molecule has 3 rings (SSSR count). The van der Waals surface area contributed by atoms with Gasteiger partial charge in [-0.1, -0.05) is 18.9 Å². The molecule has 3 N–H and O–H groups in total. The van der Waals surface area contributed by atoms with Crippen LogP contribution in [-0.2, 0) is 0 Å². The van der Waals surface area contributed by atoms with Crippen molar-refractivity contribution in [1.29, 1.82) is 0 Å². The topological polar surface area (TPSA) is 78.0 Å². The number of fused-ring (bicyclic) bond motifs is 1. The van der Waals surface area contributed by atoms with Crippen molar-refractivity contribution in [3.8, 4) is 0 Å². The highest BCUT2D eigenvalue weighted by Crippen LogP contribution is 2.23. The third-order valence-corrected chi connectivity index (χ3v) is 4.10. The van der Waals surface area contributed by atoms with Gasteiger partial charge in [0.15, 0.2) is 0 Å². The highest BCUT2D eigenvalue weighted by Gasteiger charge is 2.23. The Labute approximate surface area is 117 Å². The molecule has 0 bridgehead atoms. The molecule has 5 nitrogen and oxygen atoms in total. The van der Waals surface area contributed by atoms with Gasteiger partial charge in [0.25, 0.3) is 5.91 Å². The Bertz CT molecular complexity index is 608. The minimum atomic E-state index is -0.279. The van der Waals surface area contributed by atoms with Crippen molar-refractivity contribution >= 4 is 16.8 Å². The summed E-state index contributed by atoms with van der Waals surface area (Å²) in [5.41, 5.74) is 1.47. The molecule has 2 unspecified atom stereocenters. The second-order valence-corrected chi connectivity index (χ2v) is 5.49. The summed E-state index contributed by atoms with van der Waals surface area (Å²) < 4.78 is 0. The van der Waals surface area contributed by atoms with Gasteiger partial charge in [0.05, 0.1) is 17.8 Å². The Hall–Kier alpha value is -1.88. The van der Waals surface area contributed by atoms with Crippen LogP contribution in [0.3, 0.4) is 0 Å². The van der Waals surface area contributed by atoms with Crippen molar-refractivity contribution in [1.82, 2.24) is 15.5 Å². The molecule has 1 fully saturated rings. The molecule has 1 aromatic heterocycles. The first-order valence-corrected chi connectivity index (χ1v) is 7.13. The normalized spacial score (nSPS) is 22.9. The third kappa shape index (κ3) is 2.67. The van der Waals surface area contributed by atoms with Crippen LogP contribution in [0, 0.1) is 5.92 Å². The molecule has 2 aromatic rings. The van der Waals surface area contributed by atoms with Crippen molar-refractivity contribution in [3.63, 3.8) is 0 Å². The molecule has 1 heterocycles. The average molecular weight is 273 g/mol. The predicted molar refractivity (Wildman–Crippen MR) is 76.4 cm³/mol. The molecule has 20 heavy (non-hydrogen) atoms. The van der Waals surface area contributed by atoms with E-state index in [1.807, 2.05) is 6.07 Å². The van der Waals surface area contributed by atoms with Gasteiger partial charge in [-0.25, -0.2) is 0 Å². The fourth-order valence-corrected chi connectivity index (χ4v) is 2.83. The Morgan fingerprint density at radius 2 is 2.25 bits per heavy atom. The molecule has 0 saturated heterocycles. The van der Waals surface area contributed by atoms with Gasteiger partial charge in [-0.15, -0.1) is 0 Å². The zero-order chi connectivity index (χ0) is 13.9. The monoisotopic (exact) mass is 273 g/mol. The fourth-order valence-electron chi connectivity index (χ4n) is 2.83. The van der Waals surface area contributed by atoms with Gasteiger partial charge in [0.2, 0.25) is 0 Å². The van der Waals surface area contributed by atoms with E-state index in [1.165, 1.54) is 0 Å². The maximum absolute atomic E-state index is 12.1. The van der Waals surface area contributed by atoms with E-state index in [2.05, 4.69) is 15.5 Å². The number of aliphatic hydroxyl groups excluding tert-OH is 1. The van der Waals surface area contributed by atoms with Crippen molar-refractivity contribution in [2.75, 3.05) is 6.54 Å². The molecule has 1 aromatic carbocycles. The lowest BCUT2D eigenvalue weighted by atomic mass is 9.86. The number of carbonyl (C=O) groups is 1. The highest BCUT2D eigenvalue weighted by atomic mass is 16.3. The van der Waals surface area contributed by atoms with E-state index in [1.54, 1.807) is 18.3 Å². The molecule has 0 spiro atoms. The second-order valence-electron chi connectivity index (χ2n) is 5.49. The van der Waals surface area contributed by atoms with Crippen LogP contribution in [-0.4, -0.2) is 33.9 Å². The molecule has 1 saturated carbocycles. The summed E-state index contributed by atoms with van der Waals surface area (Å²) in [7, 11) is 0. The van der Waals surface area contributed by atoms with Crippen LogP contribution in [0.1, 0.15) is 36.0 Å². The number of nitrogens with zero attached hydrogens (tertiary/aromatic N) is 1. The Kier molecular flexibility index (Phi) is 3.69. The molecule has 0 aliphatic heterocycles. The summed E-state index contributed by atoms with van der Waals surface area (Å²) in [6.45, 7) is 0.543. The number of carbonyl (C=O) groups excluding carboxylic acids is 1. The standard InChI is InChI=1S/C15H19N3O2/c19-14-4-2-1-3-12(14)8-16-15(20)10-5-6-11-9-17-18-13(11)7-10/h5-7,9,12,14,19H,1-4,8H2,(H,16,20)(H,17,18). The van der Waals surface area contributed by atoms with Gasteiger partial charge in [-0.3, -0.25) is 9.89 Å². The lowest BCUT2D eigenvalue weighted by molar-refractivity contribution is 0.0663. The molecule has 1 amide bonds. The van der Waals surface area contributed by atoms with Crippen molar-refractivity contribution < 1.29 is 9.90 Å². The molecule has 1 aliphatic carbocycles. The summed E-state index contributed by atoms with van der Waals surface area (Å²) in [4.78, 5) is 12.1. The first-order chi connectivity index (χ1) is 9.74. The molecule has 1 aliphatic rings. The zero-order valence-electron chi connectivity index (χ0n) is 11.3. The van der Waals surface area contributed by atoms with Crippen LogP contribution < -0.4 is 5.32 Å². The van der Waals surface area contributed by atoms with Gasteiger partial charge in [0, 0.05) is 23.4 Å². The molecule has 5 heteroatoms. The summed E-state index contributed by atoms with van der Waals surface area (Å²) in [5.74, 6) is 0.0860. The van der Waals surface area contributed by atoms with E-state index in [9.17, 15) is 9.90 Å². The number of benzene rings is 1. The number of aromatic amines is 1. The number of hydrogen-bond acceptors (Lipinski definition) is 3. The molecule has 2 atom stereocenters. The van der Waals surface area contributed by atoms with Gasteiger partial charge in [-0.05, 0) is 25.0 Å². The summed E-state index contributed by atoms with van der Waals surface area (Å²) in [6, 6.07) is 5.47. The minimum Gasteiger partial charge on any atom is -0.393 e. The van der Waals surface area contributed by atoms with Crippen LogP contribution in [0.2, 0.25) is 0 Å². The second kappa shape index (κ2) is 5.63. The van der Waals surface area contributed by atoms with Crippen LogP contribution in [0.25, 0.3) is 10.9 Å². The number of aromatic nitrogens is 2. The fraction of sp³-hybridized carbons (Fsp3) is 0.467. The first kappa shape index (κ1) is 13.1. The van der Waals surface area contributed by atoms with Gasteiger partial charge in [0.1, 0.15) is 0 Å². The smallest absolute Gasteiger partial charge is 0.251 e. The van der Waals surface area contributed by atoms with Gasteiger partial charge in [-0.2, -0.15) is 5.10 Å². The predicted octanol–water partition coefficient (Wildman–Crippen LogP) is 1.84. The molecular weight excluding hydrogens is 254 g/mol. The average Bonchev–Trinajstić information content (AvgIpc) is 2.93. The number of nitrogens with one attached hydrogen (secondary N) is 2. The number of rotatable bonds is 3. The van der Waals surface area contributed by atoms with E-state index in [0.717, 1.165) is 36.6 Å². The van der Waals surface area contributed by atoms with Gasteiger partial charge >= 0.3 is 0 Å².